The van der Waals surface area contributed by atoms with Crippen molar-refractivity contribution in [3.05, 3.63) is 268 Å². The Labute approximate surface area is 444 Å². The van der Waals surface area contributed by atoms with Gasteiger partial charge in [-0.25, -0.2) is 0 Å². The molecule has 5 nitrogen and oxygen atoms in total. The minimum atomic E-state index is 0.841. The van der Waals surface area contributed by atoms with E-state index in [2.05, 4.69) is 214 Å². The van der Waals surface area contributed by atoms with Crippen molar-refractivity contribution in [3.63, 3.8) is 0 Å². The summed E-state index contributed by atoms with van der Waals surface area (Å²) in [6, 6.07) is 79.0. The summed E-state index contributed by atoms with van der Waals surface area (Å²) in [5, 5.41) is 11.4. The predicted octanol–water partition coefficient (Wildman–Crippen LogP) is 19.1. The monoisotopic (exact) mass is 980 g/mol. The Morgan fingerprint density at radius 3 is 0.909 bits per heavy atom. The summed E-state index contributed by atoms with van der Waals surface area (Å²) in [5.41, 5.74) is 19.4. The summed E-state index contributed by atoms with van der Waals surface area (Å²) < 4.78 is 7.25. The summed E-state index contributed by atoms with van der Waals surface area (Å²) in [7, 11) is 0. The van der Waals surface area contributed by atoms with Gasteiger partial charge in [-0.05, 0) is 165 Å². The summed E-state index contributed by atoms with van der Waals surface area (Å²) >= 11 is 0. The fourth-order valence-electron chi connectivity index (χ4n) is 12.1. The van der Waals surface area contributed by atoms with E-state index in [0.717, 1.165) is 116 Å². The molecule has 0 spiro atoms. The zero-order valence-electron chi connectivity index (χ0n) is 41.6. The highest BCUT2D eigenvalue weighted by molar-refractivity contribution is 6.28. The maximum atomic E-state index is 7.25. The van der Waals surface area contributed by atoms with Gasteiger partial charge in [-0.3, -0.25) is 19.9 Å². The van der Waals surface area contributed by atoms with Gasteiger partial charge in [-0.15, -0.1) is 0 Å². The first-order valence-electron chi connectivity index (χ1n) is 26.0. The Bertz CT molecular complexity index is 4550. The molecule has 0 saturated heterocycles. The van der Waals surface area contributed by atoms with E-state index in [-0.39, 0.29) is 0 Å². The third-order valence-corrected chi connectivity index (χ3v) is 15.3. The van der Waals surface area contributed by atoms with Gasteiger partial charge < -0.3 is 4.42 Å². The van der Waals surface area contributed by atoms with Crippen molar-refractivity contribution in [2.24, 2.45) is 0 Å². The van der Waals surface area contributed by atoms with E-state index in [4.69, 9.17) is 4.42 Å². The molecule has 0 N–H and O–H groups in total. The number of furan rings is 1. The van der Waals surface area contributed by atoms with Crippen LogP contribution >= 0.6 is 0 Å². The van der Waals surface area contributed by atoms with Gasteiger partial charge in [0.2, 0.25) is 0 Å². The molecule has 5 heterocycles. The number of nitrogens with zero attached hydrogens (tertiary/aromatic N) is 4. The summed E-state index contributed by atoms with van der Waals surface area (Å²) in [4.78, 5) is 18.1. The molecule has 10 aromatic carbocycles. The molecule has 0 bridgehead atoms. The van der Waals surface area contributed by atoms with Gasteiger partial charge in [0.25, 0.3) is 0 Å². The minimum absolute atomic E-state index is 0.841. The Balaban J connectivity index is 0.959. The van der Waals surface area contributed by atoms with Crippen molar-refractivity contribution in [1.29, 1.82) is 0 Å². The molecule has 0 amide bonds. The van der Waals surface area contributed by atoms with Crippen molar-refractivity contribution in [3.8, 4) is 89.0 Å². The van der Waals surface area contributed by atoms with Crippen LogP contribution in [0.4, 0.5) is 0 Å². The van der Waals surface area contributed by atoms with Crippen LogP contribution in [0.15, 0.2) is 272 Å². The quantitative estimate of drug-likeness (QED) is 0.142. The zero-order chi connectivity index (χ0) is 50.8. The molecule has 0 radical (unpaired) electrons. The van der Waals surface area contributed by atoms with Gasteiger partial charge >= 0.3 is 0 Å². The van der Waals surface area contributed by atoms with Gasteiger partial charge in [-0.1, -0.05) is 152 Å². The van der Waals surface area contributed by atoms with E-state index in [1.165, 1.54) is 38.2 Å². The van der Waals surface area contributed by atoms with Crippen molar-refractivity contribution >= 4 is 65.0 Å². The highest BCUT2D eigenvalue weighted by Crippen LogP contribution is 2.51. The van der Waals surface area contributed by atoms with Crippen LogP contribution in [0, 0.1) is 0 Å². The standard InChI is InChI=1S/C72H44N4O/c1-5-23-59-55(19-1)67(53-37-49(45-15-11-31-73-41-45)35-50(38-53)46-16-12-32-74-42-46)56-20-2-6-24-60(56)69(59)63-27-10-30-66-71(63)65-29-9-28-64(72(65)77-66)70-61-25-7-3-21-57(61)68(58-22-4-8-26-62(58)70)54-39-51(47-17-13-33-75-43-47)36-52(40-54)48-18-14-34-76-44-48/h1-44H. The van der Waals surface area contributed by atoms with Crippen LogP contribution in [0.2, 0.25) is 0 Å². The second-order valence-corrected chi connectivity index (χ2v) is 19.7. The summed E-state index contributed by atoms with van der Waals surface area (Å²) in [6.45, 7) is 0. The lowest BCUT2D eigenvalue weighted by Crippen LogP contribution is -1.93. The van der Waals surface area contributed by atoms with Crippen molar-refractivity contribution in [1.82, 2.24) is 19.9 Å². The second-order valence-electron chi connectivity index (χ2n) is 19.7. The zero-order valence-corrected chi connectivity index (χ0v) is 41.6. The molecule has 15 rings (SSSR count). The molecular formula is C72H44N4O. The maximum Gasteiger partial charge on any atom is 0.143 e. The SMILES string of the molecule is c1cncc(-c2cc(-c3cccnc3)cc(-c3c4ccccc4c(-c4cccc5c4oc4cccc(-c6c7ccccc7c(-c7cc(-c8cccnc8)cc(-c8cccnc8)c7)c7ccccc67)c45)c4ccccc34)c2)c1. The number of para-hydroxylation sites is 1. The molecule has 15 aromatic rings. The smallest absolute Gasteiger partial charge is 0.143 e. The summed E-state index contributed by atoms with van der Waals surface area (Å²) in [6.07, 6.45) is 15.1. The third kappa shape index (κ3) is 7.39. The van der Waals surface area contributed by atoms with Crippen LogP contribution in [-0.4, -0.2) is 19.9 Å². The average molecular weight is 981 g/mol. The van der Waals surface area contributed by atoms with E-state index in [1.54, 1.807) is 0 Å². The second kappa shape index (κ2) is 18.2. The number of hydrogen-bond donors (Lipinski definition) is 0. The molecule has 0 aliphatic carbocycles. The number of fused-ring (bicyclic) bond motifs is 7. The minimum Gasteiger partial charge on any atom is -0.455 e. The van der Waals surface area contributed by atoms with Crippen LogP contribution in [-0.2, 0) is 0 Å². The van der Waals surface area contributed by atoms with Crippen molar-refractivity contribution in [2.45, 2.75) is 0 Å². The van der Waals surface area contributed by atoms with Crippen LogP contribution in [0.3, 0.4) is 0 Å². The number of rotatable bonds is 8. The molecule has 358 valence electrons. The fourth-order valence-corrected chi connectivity index (χ4v) is 12.1. The first-order valence-corrected chi connectivity index (χ1v) is 26.0. The van der Waals surface area contributed by atoms with Crippen LogP contribution in [0.1, 0.15) is 0 Å². The van der Waals surface area contributed by atoms with Crippen LogP contribution < -0.4 is 0 Å². The lowest BCUT2D eigenvalue weighted by Gasteiger charge is -2.19. The molecular weight excluding hydrogens is 937 g/mol. The van der Waals surface area contributed by atoms with E-state index in [9.17, 15) is 0 Å². The van der Waals surface area contributed by atoms with E-state index >= 15 is 0 Å². The largest absolute Gasteiger partial charge is 0.455 e. The van der Waals surface area contributed by atoms with Gasteiger partial charge in [-0.2, -0.15) is 0 Å². The van der Waals surface area contributed by atoms with Crippen molar-refractivity contribution < 1.29 is 4.42 Å². The van der Waals surface area contributed by atoms with Gasteiger partial charge in [0.05, 0.1) is 0 Å². The third-order valence-electron chi connectivity index (χ3n) is 15.3. The molecule has 0 aliphatic heterocycles. The van der Waals surface area contributed by atoms with Gasteiger partial charge in [0.1, 0.15) is 11.2 Å². The van der Waals surface area contributed by atoms with Gasteiger partial charge in [0, 0.05) is 93.7 Å². The van der Waals surface area contributed by atoms with E-state index in [0.29, 0.717) is 0 Å². The molecule has 0 saturated carbocycles. The number of hydrogen-bond acceptors (Lipinski definition) is 5. The Hall–Kier alpha value is -10.4. The fraction of sp³-hybridized carbons (Fsp3) is 0. The Morgan fingerprint density at radius 2 is 0.545 bits per heavy atom. The molecule has 0 aliphatic rings. The van der Waals surface area contributed by atoms with E-state index < -0.39 is 0 Å². The lowest BCUT2D eigenvalue weighted by atomic mass is 9.83. The molecule has 0 atom stereocenters. The highest BCUT2D eigenvalue weighted by atomic mass is 16.3. The van der Waals surface area contributed by atoms with Crippen molar-refractivity contribution in [2.75, 3.05) is 0 Å². The molecule has 0 fully saturated rings. The van der Waals surface area contributed by atoms with Gasteiger partial charge in [0.15, 0.2) is 0 Å². The molecule has 5 aromatic heterocycles. The number of pyridine rings is 4. The highest BCUT2D eigenvalue weighted by Gasteiger charge is 2.25. The molecule has 77 heavy (non-hydrogen) atoms. The number of aromatic nitrogens is 4. The van der Waals surface area contributed by atoms with E-state index in [1.807, 2.05) is 73.8 Å². The van der Waals surface area contributed by atoms with Crippen LogP contribution in [0.25, 0.3) is 154 Å². The van der Waals surface area contributed by atoms with Crippen LogP contribution in [0.5, 0.6) is 0 Å². The topological polar surface area (TPSA) is 64.7 Å². The average Bonchev–Trinajstić information content (AvgIpc) is 3.96. The first kappa shape index (κ1) is 44.2. The normalized spacial score (nSPS) is 11.6. The predicted molar refractivity (Wildman–Crippen MR) is 318 cm³/mol. The summed E-state index contributed by atoms with van der Waals surface area (Å²) in [5.74, 6) is 0. The first-order chi connectivity index (χ1) is 38.2. The Morgan fingerprint density at radius 1 is 0.234 bits per heavy atom. The molecule has 0 unspecified atom stereocenters. The lowest BCUT2D eigenvalue weighted by molar-refractivity contribution is 0.670. The number of benzene rings is 10. The molecule has 5 heteroatoms. The maximum absolute atomic E-state index is 7.25. The Kier molecular flexibility index (Phi) is 10.5.